The van der Waals surface area contributed by atoms with Gasteiger partial charge in [0.1, 0.15) is 19.0 Å². The van der Waals surface area contributed by atoms with Gasteiger partial charge in [0, 0.05) is 17.8 Å². The van der Waals surface area contributed by atoms with Gasteiger partial charge in [0.25, 0.3) is 5.56 Å². The normalized spacial score (nSPS) is 13.3. The van der Waals surface area contributed by atoms with Crippen LogP contribution in [0.3, 0.4) is 0 Å². The van der Waals surface area contributed by atoms with E-state index in [1.165, 1.54) is 16.3 Å². The van der Waals surface area contributed by atoms with Crippen molar-refractivity contribution in [2.45, 2.75) is 17.3 Å². The van der Waals surface area contributed by atoms with E-state index >= 15 is 0 Å². The number of carbonyl (C=O) groups is 1. The minimum atomic E-state index is -0.548. The van der Waals surface area contributed by atoms with Crippen molar-refractivity contribution in [1.29, 1.82) is 0 Å². The largest absolute Gasteiger partial charge is 0.497 e. The Kier molecular flexibility index (Phi) is 6.33. The summed E-state index contributed by atoms with van der Waals surface area (Å²) in [4.78, 5) is 31.2. The van der Waals surface area contributed by atoms with Gasteiger partial charge in [-0.1, -0.05) is 30.0 Å². The number of nitrogens with one attached hydrogen (secondary N) is 1. The number of hydrogen-bond donors (Lipinski definition) is 1. The molecule has 1 aliphatic rings. The van der Waals surface area contributed by atoms with E-state index in [9.17, 15) is 9.59 Å². The quantitative estimate of drug-likeness (QED) is 0.319. The Bertz CT molecular complexity index is 1470. The van der Waals surface area contributed by atoms with Crippen molar-refractivity contribution in [3.05, 3.63) is 77.1 Å². The van der Waals surface area contributed by atoms with E-state index in [1.54, 1.807) is 62.6 Å². The molecule has 0 aliphatic carbocycles. The third-order valence-electron chi connectivity index (χ3n) is 5.52. The van der Waals surface area contributed by atoms with Crippen LogP contribution in [0.2, 0.25) is 0 Å². The maximum atomic E-state index is 13.5. The highest BCUT2D eigenvalue weighted by Gasteiger charge is 2.21. The van der Waals surface area contributed by atoms with Crippen LogP contribution in [0.15, 0.2) is 76.7 Å². The summed E-state index contributed by atoms with van der Waals surface area (Å²) < 4.78 is 18.0. The first-order valence-electron chi connectivity index (χ1n) is 11.1. The molecule has 1 aliphatic heterocycles. The van der Waals surface area contributed by atoms with Crippen molar-refractivity contribution in [3.8, 4) is 22.9 Å². The molecule has 1 amide bonds. The van der Waals surface area contributed by atoms with Gasteiger partial charge >= 0.3 is 0 Å². The van der Waals surface area contributed by atoms with E-state index in [4.69, 9.17) is 19.2 Å². The Hall–Kier alpha value is -3.98. The number of para-hydroxylation sites is 1. The highest BCUT2D eigenvalue weighted by molar-refractivity contribution is 8.00. The molecule has 0 saturated heterocycles. The molecule has 0 spiro atoms. The van der Waals surface area contributed by atoms with Crippen LogP contribution in [0.5, 0.6) is 17.2 Å². The summed E-state index contributed by atoms with van der Waals surface area (Å²) >= 11 is 1.21. The van der Waals surface area contributed by atoms with Crippen LogP contribution in [-0.2, 0) is 4.79 Å². The van der Waals surface area contributed by atoms with Gasteiger partial charge < -0.3 is 19.5 Å². The molecule has 1 N–H and O–H groups in total. The van der Waals surface area contributed by atoms with Gasteiger partial charge in [-0.3, -0.25) is 14.2 Å². The summed E-state index contributed by atoms with van der Waals surface area (Å²) in [6, 6.07) is 19.6. The van der Waals surface area contributed by atoms with Crippen molar-refractivity contribution in [2.24, 2.45) is 0 Å². The number of methoxy groups -OCH3 is 1. The zero-order chi connectivity index (χ0) is 24.4. The lowest BCUT2D eigenvalue weighted by molar-refractivity contribution is -0.115. The van der Waals surface area contributed by atoms with Crippen LogP contribution in [0.25, 0.3) is 16.6 Å². The maximum Gasteiger partial charge on any atom is 0.266 e. The Morgan fingerprint density at radius 3 is 2.69 bits per heavy atom. The molecule has 9 heteroatoms. The number of fused-ring (bicyclic) bond motifs is 2. The highest BCUT2D eigenvalue weighted by Crippen LogP contribution is 2.33. The smallest absolute Gasteiger partial charge is 0.266 e. The van der Waals surface area contributed by atoms with E-state index in [0.29, 0.717) is 57.9 Å². The van der Waals surface area contributed by atoms with Crippen LogP contribution in [0.4, 0.5) is 5.69 Å². The number of benzene rings is 3. The zero-order valence-electron chi connectivity index (χ0n) is 19.2. The summed E-state index contributed by atoms with van der Waals surface area (Å²) in [5.41, 5.74) is 1.56. The fourth-order valence-electron chi connectivity index (χ4n) is 3.75. The Labute approximate surface area is 205 Å². The van der Waals surface area contributed by atoms with Gasteiger partial charge in [0.05, 0.1) is 29.0 Å². The molecule has 1 aromatic heterocycles. The summed E-state index contributed by atoms with van der Waals surface area (Å²) in [5, 5.41) is 3.27. The number of anilines is 1. The molecule has 0 radical (unpaired) electrons. The monoisotopic (exact) mass is 489 g/mol. The van der Waals surface area contributed by atoms with Crippen molar-refractivity contribution in [1.82, 2.24) is 9.55 Å². The fraction of sp³-hybridized carbons (Fsp3) is 0.192. The van der Waals surface area contributed by atoms with Crippen LogP contribution < -0.4 is 25.1 Å². The number of thioether (sulfide) groups is 1. The topological polar surface area (TPSA) is 91.7 Å². The molecule has 1 atom stereocenters. The summed E-state index contributed by atoms with van der Waals surface area (Å²) in [6.07, 6.45) is 0. The Morgan fingerprint density at radius 2 is 1.86 bits per heavy atom. The lowest BCUT2D eigenvalue weighted by Gasteiger charge is -2.20. The summed E-state index contributed by atoms with van der Waals surface area (Å²) in [6.45, 7) is 2.74. The lowest BCUT2D eigenvalue weighted by atomic mass is 10.2. The first kappa shape index (κ1) is 22.8. The third kappa shape index (κ3) is 4.67. The standard InChI is InChI=1S/C26H23N3O5S/c1-16(24(30)27-17-10-11-22-23(14-17)34-13-12-33-22)35-26-28-21-9-4-3-8-20(21)25(31)29(26)18-6-5-7-19(15-18)32-2/h3-11,14-16H,12-13H2,1-2H3,(H,27,30)/t16-/m1/s1. The first-order valence-corrected chi connectivity index (χ1v) is 11.9. The molecule has 0 saturated carbocycles. The van der Waals surface area contributed by atoms with Crippen LogP contribution in [0, 0.1) is 0 Å². The van der Waals surface area contributed by atoms with Crippen molar-refractivity contribution >= 4 is 34.3 Å². The molecular weight excluding hydrogens is 466 g/mol. The summed E-state index contributed by atoms with van der Waals surface area (Å²) in [5.74, 6) is 1.63. The second-order valence-electron chi connectivity index (χ2n) is 7.86. The van der Waals surface area contributed by atoms with Gasteiger partial charge in [-0.2, -0.15) is 0 Å². The predicted octanol–water partition coefficient (Wildman–Crippen LogP) is 4.28. The molecule has 0 fully saturated rings. The molecule has 35 heavy (non-hydrogen) atoms. The number of aromatic nitrogens is 2. The van der Waals surface area contributed by atoms with E-state index in [-0.39, 0.29) is 11.5 Å². The minimum absolute atomic E-state index is 0.217. The second kappa shape index (κ2) is 9.71. The summed E-state index contributed by atoms with van der Waals surface area (Å²) in [7, 11) is 1.57. The first-order chi connectivity index (χ1) is 17.0. The SMILES string of the molecule is COc1cccc(-n2c(S[C@H](C)C(=O)Nc3ccc4c(c3)OCCO4)nc3ccccc3c2=O)c1. The van der Waals surface area contributed by atoms with E-state index < -0.39 is 5.25 Å². The van der Waals surface area contributed by atoms with E-state index in [0.717, 1.165) is 0 Å². The molecular formula is C26H23N3O5S. The van der Waals surface area contributed by atoms with Crippen LogP contribution >= 0.6 is 11.8 Å². The van der Waals surface area contributed by atoms with Gasteiger partial charge in [-0.05, 0) is 43.3 Å². The maximum absolute atomic E-state index is 13.5. The van der Waals surface area contributed by atoms with E-state index in [2.05, 4.69) is 5.32 Å². The molecule has 0 unspecified atom stereocenters. The fourth-order valence-corrected chi connectivity index (χ4v) is 4.67. The van der Waals surface area contributed by atoms with Crippen LogP contribution in [-0.4, -0.2) is 41.0 Å². The molecule has 5 rings (SSSR count). The molecule has 4 aromatic rings. The average Bonchev–Trinajstić information content (AvgIpc) is 2.88. The minimum Gasteiger partial charge on any atom is -0.497 e. The number of hydrogen-bond acceptors (Lipinski definition) is 7. The van der Waals surface area contributed by atoms with Crippen molar-refractivity contribution in [2.75, 3.05) is 25.6 Å². The lowest BCUT2D eigenvalue weighted by Crippen LogP contribution is -2.26. The van der Waals surface area contributed by atoms with Crippen molar-refractivity contribution in [3.63, 3.8) is 0 Å². The number of ether oxygens (including phenoxy) is 3. The number of nitrogens with zero attached hydrogens (tertiary/aromatic N) is 2. The number of carbonyl (C=O) groups excluding carboxylic acids is 1. The third-order valence-corrected chi connectivity index (χ3v) is 6.57. The van der Waals surface area contributed by atoms with Gasteiger partial charge in [-0.15, -0.1) is 0 Å². The average molecular weight is 490 g/mol. The van der Waals surface area contributed by atoms with Gasteiger partial charge in [-0.25, -0.2) is 4.98 Å². The molecule has 2 heterocycles. The predicted molar refractivity (Wildman–Crippen MR) is 135 cm³/mol. The van der Waals surface area contributed by atoms with E-state index in [1.807, 2.05) is 18.2 Å². The molecule has 178 valence electrons. The zero-order valence-corrected chi connectivity index (χ0v) is 20.0. The second-order valence-corrected chi connectivity index (χ2v) is 9.17. The van der Waals surface area contributed by atoms with Crippen LogP contribution in [0.1, 0.15) is 6.92 Å². The molecule has 3 aromatic carbocycles. The van der Waals surface area contributed by atoms with Crippen molar-refractivity contribution < 1.29 is 19.0 Å². The molecule has 8 nitrogen and oxygen atoms in total. The molecule has 0 bridgehead atoms. The Morgan fingerprint density at radius 1 is 1.06 bits per heavy atom. The number of amides is 1. The van der Waals surface area contributed by atoms with Gasteiger partial charge in [0.2, 0.25) is 5.91 Å². The number of rotatable bonds is 6. The Balaban J connectivity index is 1.47. The van der Waals surface area contributed by atoms with Gasteiger partial charge in [0.15, 0.2) is 16.7 Å². The highest BCUT2D eigenvalue weighted by atomic mass is 32.2.